The number of hydrogen-bond acceptors (Lipinski definition) is 4. The van der Waals surface area contributed by atoms with Crippen LogP contribution in [-0.4, -0.2) is 29.6 Å². The molecule has 1 heterocycles. The van der Waals surface area contributed by atoms with Crippen molar-refractivity contribution in [2.24, 2.45) is 0 Å². The van der Waals surface area contributed by atoms with Crippen LogP contribution >= 0.6 is 8.38 Å². The lowest BCUT2D eigenvalue weighted by atomic mass is 11.0. The maximum atomic E-state index is 4.96. The predicted molar refractivity (Wildman–Crippen MR) is 37.0 cm³/mol. The molecule has 0 fully saturated rings. The van der Waals surface area contributed by atoms with Crippen molar-refractivity contribution in [2.45, 2.75) is 0 Å². The normalized spacial score (nSPS) is 10.7. The molecule has 0 radical (unpaired) electrons. The van der Waals surface area contributed by atoms with Gasteiger partial charge in [-0.15, -0.1) is 0 Å². The van der Waals surface area contributed by atoms with E-state index in [4.69, 9.17) is 9.05 Å². The Morgan fingerprint density at radius 2 is 2.20 bits per heavy atom. The van der Waals surface area contributed by atoms with Gasteiger partial charge in [0, 0.05) is 14.2 Å². The standard InChI is InChI=1S/C4H8N3O2P/c1-8-10(9-2)4-3-5-7-6-4/h3H,1-2H3,(H,5,6,7). The van der Waals surface area contributed by atoms with E-state index < -0.39 is 8.38 Å². The zero-order valence-electron chi connectivity index (χ0n) is 5.74. The maximum Gasteiger partial charge on any atom is 0.228 e. The Labute approximate surface area is 59.6 Å². The third-order valence-electron chi connectivity index (χ3n) is 0.921. The molecule has 0 bridgehead atoms. The van der Waals surface area contributed by atoms with Crippen molar-refractivity contribution in [2.75, 3.05) is 14.2 Å². The molecule has 6 heteroatoms. The third-order valence-corrected chi connectivity index (χ3v) is 2.17. The van der Waals surface area contributed by atoms with Gasteiger partial charge in [-0.1, -0.05) is 0 Å². The Morgan fingerprint density at radius 1 is 1.50 bits per heavy atom. The molecule has 1 aromatic rings. The molecule has 0 amide bonds. The predicted octanol–water partition coefficient (Wildman–Crippen LogP) is 0.0347. The van der Waals surface area contributed by atoms with Crippen LogP contribution in [0.4, 0.5) is 0 Å². The molecule has 0 spiro atoms. The van der Waals surface area contributed by atoms with Gasteiger partial charge in [0.25, 0.3) is 0 Å². The first-order chi connectivity index (χ1) is 4.88. The summed E-state index contributed by atoms with van der Waals surface area (Å²) in [5, 5.41) is 9.90. The number of rotatable bonds is 3. The summed E-state index contributed by atoms with van der Waals surface area (Å²) in [6.45, 7) is 0. The first-order valence-electron chi connectivity index (χ1n) is 2.62. The van der Waals surface area contributed by atoms with Crippen LogP contribution < -0.4 is 5.44 Å². The van der Waals surface area contributed by atoms with Crippen LogP contribution in [0.15, 0.2) is 6.20 Å². The highest BCUT2D eigenvalue weighted by Crippen LogP contribution is 2.32. The summed E-state index contributed by atoms with van der Waals surface area (Å²) < 4.78 is 9.93. The van der Waals surface area contributed by atoms with E-state index in [1.54, 1.807) is 20.4 Å². The molecule has 5 nitrogen and oxygen atoms in total. The van der Waals surface area contributed by atoms with Gasteiger partial charge in [-0.2, -0.15) is 15.4 Å². The number of aromatic amines is 1. The SMILES string of the molecule is COP(OC)c1cn[nH]n1. The van der Waals surface area contributed by atoms with Crippen molar-refractivity contribution >= 4 is 13.8 Å². The lowest BCUT2D eigenvalue weighted by Crippen LogP contribution is -2.03. The molecule has 1 N–H and O–H groups in total. The fourth-order valence-electron chi connectivity index (χ4n) is 0.545. The Morgan fingerprint density at radius 3 is 2.60 bits per heavy atom. The van der Waals surface area contributed by atoms with Crippen LogP contribution in [0, 0.1) is 0 Å². The molecule has 0 aromatic carbocycles. The van der Waals surface area contributed by atoms with Gasteiger partial charge in [0.15, 0.2) is 5.44 Å². The van der Waals surface area contributed by atoms with Gasteiger partial charge in [0.05, 0.1) is 6.20 Å². The second-order valence-corrected chi connectivity index (χ2v) is 3.15. The Kier molecular flexibility index (Phi) is 2.74. The molecule has 0 aliphatic carbocycles. The number of aromatic nitrogens is 3. The van der Waals surface area contributed by atoms with E-state index in [2.05, 4.69) is 15.4 Å². The van der Waals surface area contributed by atoms with Crippen molar-refractivity contribution < 1.29 is 9.05 Å². The van der Waals surface area contributed by atoms with Crippen molar-refractivity contribution in [1.82, 2.24) is 15.4 Å². The number of hydrogen-bond donors (Lipinski definition) is 1. The van der Waals surface area contributed by atoms with Gasteiger partial charge in [0.2, 0.25) is 8.38 Å². The zero-order chi connectivity index (χ0) is 7.40. The molecule has 1 aromatic heterocycles. The average Bonchev–Trinajstić information content (AvgIpc) is 2.43. The van der Waals surface area contributed by atoms with Crippen LogP contribution in [-0.2, 0) is 9.05 Å². The molecule has 0 saturated carbocycles. The number of nitrogens with zero attached hydrogens (tertiary/aromatic N) is 2. The fourth-order valence-corrected chi connectivity index (χ4v) is 1.35. The van der Waals surface area contributed by atoms with E-state index in [0.29, 0.717) is 5.44 Å². The molecule has 0 aliphatic rings. The zero-order valence-corrected chi connectivity index (χ0v) is 6.63. The van der Waals surface area contributed by atoms with E-state index in [-0.39, 0.29) is 0 Å². The van der Waals surface area contributed by atoms with Gasteiger partial charge in [-0.3, -0.25) is 0 Å². The molecule has 0 aliphatic heterocycles. The van der Waals surface area contributed by atoms with Gasteiger partial charge >= 0.3 is 0 Å². The minimum absolute atomic E-state index is 0.708. The van der Waals surface area contributed by atoms with Gasteiger partial charge in [-0.05, 0) is 0 Å². The Hall–Kier alpha value is -0.510. The second-order valence-electron chi connectivity index (χ2n) is 1.45. The average molecular weight is 161 g/mol. The van der Waals surface area contributed by atoms with Crippen LogP contribution in [0.25, 0.3) is 0 Å². The Balaban J connectivity index is 2.64. The van der Waals surface area contributed by atoms with Crippen molar-refractivity contribution in [3.63, 3.8) is 0 Å². The summed E-state index contributed by atoms with van der Waals surface area (Å²) in [5.74, 6) is 0. The molecule has 1 rings (SSSR count). The summed E-state index contributed by atoms with van der Waals surface area (Å²) in [6.07, 6.45) is 1.58. The first kappa shape index (κ1) is 7.60. The summed E-state index contributed by atoms with van der Waals surface area (Å²) >= 11 is 0. The monoisotopic (exact) mass is 161 g/mol. The van der Waals surface area contributed by atoms with Gasteiger partial charge in [-0.25, -0.2) is 0 Å². The summed E-state index contributed by atoms with van der Waals surface area (Å²) in [4.78, 5) is 0. The highest BCUT2D eigenvalue weighted by molar-refractivity contribution is 7.55. The second kappa shape index (κ2) is 3.61. The quantitative estimate of drug-likeness (QED) is 0.635. The molecule has 0 atom stereocenters. The van der Waals surface area contributed by atoms with Crippen molar-refractivity contribution in [3.8, 4) is 0 Å². The van der Waals surface area contributed by atoms with Crippen LogP contribution in [0.1, 0.15) is 0 Å². The molecule has 0 saturated heterocycles. The molecule has 56 valence electrons. The molecular formula is C4H8N3O2P. The van der Waals surface area contributed by atoms with Crippen LogP contribution in [0.3, 0.4) is 0 Å². The smallest absolute Gasteiger partial charge is 0.228 e. The van der Waals surface area contributed by atoms with E-state index in [0.717, 1.165) is 0 Å². The topological polar surface area (TPSA) is 60.0 Å². The van der Waals surface area contributed by atoms with Gasteiger partial charge < -0.3 is 9.05 Å². The minimum Gasteiger partial charge on any atom is -0.333 e. The number of H-pyrrole nitrogens is 1. The lowest BCUT2D eigenvalue weighted by Gasteiger charge is -2.06. The first-order valence-corrected chi connectivity index (χ1v) is 3.80. The van der Waals surface area contributed by atoms with E-state index in [1.807, 2.05) is 0 Å². The molecular weight excluding hydrogens is 153 g/mol. The summed E-state index contributed by atoms with van der Waals surface area (Å²) in [6, 6.07) is 0. The highest BCUT2D eigenvalue weighted by Gasteiger charge is 2.11. The number of nitrogens with one attached hydrogen (secondary N) is 1. The van der Waals surface area contributed by atoms with E-state index in [1.165, 1.54) is 0 Å². The van der Waals surface area contributed by atoms with E-state index >= 15 is 0 Å². The lowest BCUT2D eigenvalue weighted by molar-refractivity contribution is 0.349. The third kappa shape index (κ3) is 1.50. The summed E-state index contributed by atoms with van der Waals surface area (Å²) in [7, 11) is 2.13. The van der Waals surface area contributed by atoms with Crippen molar-refractivity contribution in [3.05, 3.63) is 6.20 Å². The van der Waals surface area contributed by atoms with Crippen LogP contribution in [0.2, 0.25) is 0 Å². The van der Waals surface area contributed by atoms with Gasteiger partial charge in [0.1, 0.15) is 0 Å². The largest absolute Gasteiger partial charge is 0.333 e. The summed E-state index contributed by atoms with van der Waals surface area (Å²) in [5.41, 5.74) is 0.708. The highest BCUT2D eigenvalue weighted by atomic mass is 31.2. The van der Waals surface area contributed by atoms with Crippen molar-refractivity contribution in [1.29, 1.82) is 0 Å². The molecule has 0 unspecified atom stereocenters. The molecule has 10 heavy (non-hydrogen) atoms. The van der Waals surface area contributed by atoms with Crippen LogP contribution in [0.5, 0.6) is 0 Å². The van der Waals surface area contributed by atoms with E-state index in [9.17, 15) is 0 Å². The fraction of sp³-hybridized carbons (Fsp3) is 0.500. The Bertz CT molecular complexity index is 175. The minimum atomic E-state index is -1.02. The maximum absolute atomic E-state index is 4.96.